The van der Waals surface area contributed by atoms with Gasteiger partial charge in [-0.25, -0.2) is 4.79 Å². The van der Waals surface area contributed by atoms with Crippen LogP contribution < -0.4 is 0 Å². The van der Waals surface area contributed by atoms with Gasteiger partial charge in [-0.2, -0.15) is 0 Å². The van der Waals surface area contributed by atoms with Gasteiger partial charge in [-0.3, -0.25) is 4.79 Å². The molecule has 0 aliphatic carbocycles. The molecule has 240 valence electrons. The van der Waals surface area contributed by atoms with Crippen LogP contribution in [-0.4, -0.2) is 79.7 Å². The van der Waals surface area contributed by atoms with Crippen molar-refractivity contribution in [2.45, 2.75) is 141 Å². The molecule has 0 amide bonds. The van der Waals surface area contributed by atoms with E-state index in [1.807, 2.05) is 21.1 Å². The highest BCUT2D eigenvalue weighted by molar-refractivity contribution is 5.72. The van der Waals surface area contributed by atoms with Crippen molar-refractivity contribution in [1.29, 1.82) is 0 Å². The predicted octanol–water partition coefficient (Wildman–Crippen LogP) is 7.61. The number of allylic oxidation sites excluding steroid dienone is 4. The molecule has 0 saturated carbocycles. The van der Waals surface area contributed by atoms with E-state index in [0.29, 0.717) is 17.3 Å². The minimum absolute atomic E-state index is 0.0204. The largest absolute Gasteiger partial charge is 0.477 e. The number of esters is 1. The van der Waals surface area contributed by atoms with Gasteiger partial charge in [-0.1, -0.05) is 108 Å². The quantitative estimate of drug-likeness (QED) is 0.0408. The maximum atomic E-state index is 11.9. The molecule has 0 aromatic carbocycles. The summed E-state index contributed by atoms with van der Waals surface area (Å²) in [5, 5.41) is 19.3. The summed E-state index contributed by atoms with van der Waals surface area (Å²) < 4.78 is 10.8. The van der Waals surface area contributed by atoms with Crippen molar-refractivity contribution in [3.8, 4) is 0 Å². The molecular formula is C34H64NO6+. The van der Waals surface area contributed by atoms with E-state index in [0.717, 1.165) is 32.1 Å². The van der Waals surface area contributed by atoms with Gasteiger partial charge in [0.25, 0.3) is 0 Å². The van der Waals surface area contributed by atoms with Crippen LogP contribution in [0.25, 0.3) is 0 Å². The summed E-state index contributed by atoms with van der Waals surface area (Å²) in [5.74, 6) is -1.15. The van der Waals surface area contributed by atoms with Gasteiger partial charge in [0.05, 0.1) is 34.4 Å². The summed E-state index contributed by atoms with van der Waals surface area (Å²) >= 11 is 0. The smallest absolute Gasteiger partial charge is 0.362 e. The van der Waals surface area contributed by atoms with E-state index in [9.17, 15) is 19.8 Å². The zero-order valence-electron chi connectivity index (χ0n) is 27.0. The summed E-state index contributed by atoms with van der Waals surface area (Å²) in [7, 11) is 5.48. The molecule has 0 heterocycles. The number of carbonyl (C=O) groups excluding carboxylic acids is 1. The van der Waals surface area contributed by atoms with E-state index in [1.165, 1.54) is 77.0 Å². The highest BCUT2D eigenvalue weighted by atomic mass is 16.5. The van der Waals surface area contributed by atoms with Gasteiger partial charge in [-0.15, -0.1) is 0 Å². The Bertz CT molecular complexity index is 685. The molecule has 41 heavy (non-hydrogen) atoms. The van der Waals surface area contributed by atoms with E-state index < -0.39 is 18.1 Å². The van der Waals surface area contributed by atoms with E-state index in [4.69, 9.17) is 9.47 Å². The molecule has 2 atom stereocenters. The number of rotatable bonds is 29. The number of hydrogen-bond donors (Lipinski definition) is 2. The Morgan fingerprint density at radius 2 is 1.24 bits per heavy atom. The summed E-state index contributed by atoms with van der Waals surface area (Å²) in [5.41, 5.74) is 0. The first-order valence-corrected chi connectivity index (χ1v) is 16.4. The topological polar surface area (TPSA) is 93.1 Å². The van der Waals surface area contributed by atoms with Gasteiger partial charge in [0.15, 0.2) is 6.04 Å². The lowest BCUT2D eigenvalue weighted by Crippen LogP contribution is -2.50. The fraction of sp³-hybridized carbons (Fsp3) is 0.824. The van der Waals surface area contributed by atoms with Crippen molar-refractivity contribution in [3.05, 3.63) is 24.3 Å². The number of hydrogen-bond acceptors (Lipinski definition) is 5. The highest BCUT2D eigenvalue weighted by Gasteiger charge is 2.30. The first kappa shape index (κ1) is 39.3. The Labute approximate surface area is 252 Å². The molecule has 0 rings (SSSR count). The number of nitrogens with zero attached hydrogens (tertiary/aromatic N) is 1. The average Bonchev–Trinajstić information content (AvgIpc) is 2.91. The van der Waals surface area contributed by atoms with Gasteiger partial charge < -0.3 is 24.2 Å². The molecule has 0 fully saturated rings. The number of carboxylic acids is 1. The molecule has 7 heteroatoms. The third kappa shape index (κ3) is 26.9. The average molecular weight is 583 g/mol. The molecule has 0 saturated heterocycles. The van der Waals surface area contributed by atoms with E-state index in [-0.39, 0.29) is 25.8 Å². The van der Waals surface area contributed by atoms with Gasteiger partial charge in [0, 0.05) is 12.8 Å². The molecule has 2 N–H and O–H groups in total. The Morgan fingerprint density at radius 1 is 0.732 bits per heavy atom. The number of aliphatic hydroxyl groups excluding tert-OH is 1. The lowest BCUT2D eigenvalue weighted by atomic mass is 10.0. The number of carbonyl (C=O) groups is 2. The Kier molecular flexibility index (Phi) is 26.0. The van der Waals surface area contributed by atoms with Crippen molar-refractivity contribution in [2.75, 3.05) is 41.0 Å². The van der Waals surface area contributed by atoms with Crippen molar-refractivity contribution in [1.82, 2.24) is 0 Å². The van der Waals surface area contributed by atoms with Crippen LogP contribution in [-0.2, 0) is 19.1 Å². The first-order chi connectivity index (χ1) is 19.7. The lowest BCUT2D eigenvalue weighted by molar-refractivity contribution is -0.887. The van der Waals surface area contributed by atoms with E-state index >= 15 is 0 Å². The lowest BCUT2D eigenvalue weighted by Gasteiger charge is -2.31. The van der Waals surface area contributed by atoms with Gasteiger partial charge in [0.1, 0.15) is 12.7 Å². The normalized spacial score (nSPS) is 13.7. The standard InChI is InChI=1S/C34H63NO6/c1-5-6-7-8-9-10-11-12-13-14-15-16-17-18-19-20-21-22-23-24-25-26-33(37)41-30-31(36)29-40-28-27-32(34(38)39)35(2,3)4/h6-7,9-10,31-32,36H,5,8,11-30H2,1-4H3/p+1/b7-6+,10-9+. The second kappa shape index (κ2) is 27.2. The summed E-state index contributed by atoms with van der Waals surface area (Å²) in [6, 6.07) is -0.573. The number of carboxylic acid groups (broad SMARTS) is 1. The number of ether oxygens (including phenoxy) is 2. The SMILES string of the molecule is CC/C=C/C/C=C/CCCCCCCCCCCCCCCCC(=O)OCC(O)COCCC(C(=O)O)[N+](C)(C)C. The molecule has 0 bridgehead atoms. The van der Waals surface area contributed by atoms with E-state index in [2.05, 4.69) is 31.2 Å². The summed E-state index contributed by atoms with van der Waals surface area (Å²) in [6.45, 7) is 2.33. The summed E-state index contributed by atoms with van der Waals surface area (Å²) in [6.07, 6.45) is 30.0. The third-order valence-electron chi connectivity index (χ3n) is 7.35. The van der Waals surface area contributed by atoms with Crippen LogP contribution in [0.1, 0.15) is 129 Å². The number of quaternary nitrogens is 1. The molecular weight excluding hydrogens is 518 g/mol. The number of unbranched alkanes of at least 4 members (excludes halogenated alkanes) is 14. The summed E-state index contributed by atoms with van der Waals surface area (Å²) in [4.78, 5) is 23.3. The zero-order valence-corrected chi connectivity index (χ0v) is 27.0. The van der Waals surface area contributed by atoms with Crippen molar-refractivity contribution in [3.63, 3.8) is 0 Å². The minimum Gasteiger partial charge on any atom is -0.477 e. The molecule has 0 aliphatic heterocycles. The first-order valence-electron chi connectivity index (χ1n) is 16.4. The zero-order chi connectivity index (χ0) is 30.6. The maximum absolute atomic E-state index is 11.9. The van der Waals surface area contributed by atoms with Crippen LogP contribution in [0, 0.1) is 0 Å². The highest BCUT2D eigenvalue weighted by Crippen LogP contribution is 2.14. The van der Waals surface area contributed by atoms with Crippen molar-refractivity contribution >= 4 is 11.9 Å². The van der Waals surface area contributed by atoms with Crippen LogP contribution in [0.4, 0.5) is 0 Å². The predicted molar refractivity (Wildman–Crippen MR) is 169 cm³/mol. The molecule has 2 unspecified atom stereocenters. The Balaban J connectivity index is 3.44. The van der Waals surface area contributed by atoms with Crippen molar-refractivity contribution in [2.24, 2.45) is 0 Å². The van der Waals surface area contributed by atoms with Crippen LogP contribution in [0.2, 0.25) is 0 Å². The molecule has 7 nitrogen and oxygen atoms in total. The van der Waals surface area contributed by atoms with Gasteiger partial charge in [-0.05, 0) is 32.1 Å². The van der Waals surface area contributed by atoms with Crippen molar-refractivity contribution < 1.29 is 33.8 Å². The van der Waals surface area contributed by atoms with Crippen LogP contribution in [0.15, 0.2) is 24.3 Å². The number of aliphatic hydroxyl groups is 1. The third-order valence-corrected chi connectivity index (χ3v) is 7.35. The minimum atomic E-state index is -0.901. The molecule has 0 aliphatic rings. The second-order valence-corrected chi connectivity index (χ2v) is 12.2. The molecule has 0 spiro atoms. The van der Waals surface area contributed by atoms with Crippen LogP contribution in [0.5, 0.6) is 0 Å². The van der Waals surface area contributed by atoms with Crippen LogP contribution >= 0.6 is 0 Å². The van der Waals surface area contributed by atoms with E-state index in [1.54, 1.807) is 0 Å². The second-order valence-electron chi connectivity index (χ2n) is 12.2. The Hall–Kier alpha value is -1.70. The fourth-order valence-electron chi connectivity index (χ4n) is 4.77. The maximum Gasteiger partial charge on any atom is 0.362 e. The fourth-order valence-corrected chi connectivity index (χ4v) is 4.77. The molecule has 0 aromatic rings. The monoisotopic (exact) mass is 582 g/mol. The Morgan fingerprint density at radius 3 is 1.76 bits per heavy atom. The van der Waals surface area contributed by atoms with Gasteiger partial charge in [0.2, 0.25) is 0 Å². The molecule has 0 aromatic heterocycles. The molecule has 0 radical (unpaired) electrons. The number of aliphatic carboxylic acids is 1. The van der Waals surface area contributed by atoms with Gasteiger partial charge >= 0.3 is 11.9 Å². The number of likely N-dealkylation sites (N-methyl/N-ethyl adjacent to an activating group) is 1. The van der Waals surface area contributed by atoms with Crippen LogP contribution in [0.3, 0.4) is 0 Å².